The number of amides is 1. The van der Waals surface area contributed by atoms with Crippen LogP contribution in [-0.2, 0) is 6.54 Å². The Morgan fingerprint density at radius 2 is 2.00 bits per heavy atom. The van der Waals surface area contributed by atoms with Crippen LogP contribution in [0.2, 0.25) is 0 Å². The summed E-state index contributed by atoms with van der Waals surface area (Å²) < 4.78 is 33.3. The van der Waals surface area contributed by atoms with Gasteiger partial charge in [-0.2, -0.15) is 0 Å². The number of halogens is 4. The van der Waals surface area contributed by atoms with E-state index in [2.05, 4.69) is 10.3 Å². The summed E-state index contributed by atoms with van der Waals surface area (Å²) >= 11 is 10.9. The zero-order valence-corrected chi connectivity index (χ0v) is 15.9. The molecule has 0 aliphatic rings. The second kappa shape index (κ2) is 8.99. The van der Waals surface area contributed by atoms with Crippen LogP contribution < -0.4 is 10.1 Å². The Morgan fingerprint density at radius 3 is 2.79 bits per heavy atom. The van der Waals surface area contributed by atoms with Crippen molar-refractivity contribution in [3.63, 3.8) is 0 Å². The van der Waals surface area contributed by atoms with Crippen molar-refractivity contribution in [1.29, 1.82) is 0 Å². The van der Waals surface area contributed by atoms with E-state index in [0.717, 1.165) is 17.0 Å². The topological polar surface area (TPSA) is 51.2 Å². The Bertz CT molecular complexity index is 1050. The molecule has 3 rings (SSSR count). The summed E-state index contributed by atoms with van der Waals surface area (Å²) in [6.45, 7) is -0.338. The lowest BCUT2D eigenvalue weighted by molar-refractivity contribution is 0.0950. The maximum Gasteiger partial charge on any atom is 0.251 e. The van der Waals surface area contributed by atoms with Crippen molar-refractivity contribution < 1.29 is 18.3 Å². The van der Waals surface area contributed by atoms with Gasteiger partial charge in [0.25, 0.3) is 5.91 Å². The van der Waals surface area contributed by atoms with Gasteiger partial charge in [0.15, 0.2) is 17.4 Å². The molecular formula is C20H14Cl2F2N2O2. The molecule has 28 heavy (non-hydrogen) atoms. The predicted octanol–water partition coefficient (Wildman–Crippen LogP) is 5.14. The molecule has 0 radical (unpaired) electrons. The fourth-order valence-electron chi connectivity index (χ4n) is 2.52. The van der Waals surface area contributed by atoms with Gasteiger partial charge in [-0.3, -0.25) is 9.78 Å². The van der Waals surface area contributed by atoms with Crippen molar-refractivity contribution in [2.45, 2.75) is 6.54 Å². The number of aromatic nitrogens is 1. The van der Waals surface area contributed by atoms with Crippen molar-refractivity contribution >= 4 is 40.0 Å². The molecule has 1 aromatic heterocycles. The highest BCUT2D eigenvalue weighted by molar-refractivity contribution is 6.55. The number of benzene rings is 2. The first-order valence-electron chi connectivity index (χ1n) is 8.19. The number of carbonyl (C=O) groups is 1. The van der Waals surface area contributed by atoms with Crippen LogP contribution in [0.5, 0.6) is 5.75 Å². The molecule has 4 nitrogen and oxygen atoms in total. The van der Waals surface area contributed by atoms with Gasteiger partial charge in [0, 0.05) is 29.3 Å². The number of ether oxygens (including phenoxy) is 1. The molecule has 0 aliphatic heterocycles. The molecule has 1 heterocycles. The van der Waals surface area contributed by atoms with Crippen molar-refractivity contribution in [2.75, 3.05) is 6.61 Å². The number of nitrogens with zero attached hydrogens (tertiary/aromatic N) is 1. The summed E-state index contributed by atoms with van der Waals surface area (Å²) in [6, 6.07) is 11.0. The quantitative estimate of drug-likeness (QED) is 0.598. The first kappa shape index (κ1) is 20.0. The molecular weight excluding hydrogens is 409 g/mol. The first-order valence-corrected chi connectivity index (χ1v) is 8.95. The molecule has 0 saturated heterocycles. The van der Waals surface area contributed by atoms with Gasteiger partial charge in [0.2, 0.25) is 0 Å². The van der Waals surface area contributed by atoms with Crippen LogP contribution in [0.4, 0.5) is 8.78 Å². The lowest BCUT2D eigenvalue weighted by Gasteiger charge is -2.11. The van der Waals surface area contributed by atoms with E-state index >= 15 is 0 Å². The standard InChI is InChI=1S/C20H14Cl2F2N2O2/c21-17(22)7-9-28-19-15(23)5-3-14(18(19)24)11-26-20(27)13-4-6-16-12(10-13)2-1-8-25-16/h1-8,10H,9,11H2,(H,26,27). The zero-order valence-electron chi connectivity index (χ0n) is 14.4. The van der Waals surface area contributed by atoms with Crippen LogP contribution in [-0.4, -0.2) is 17.5 Å². The summed E-state index contributed by atoms with van der Waals surface area (Å²) in [5, 5.41) is 3.42. The van der Waals surface area contributed by atoms with Crippen LogP contribution in [0, 0.1) is 11.6 Å². The van der Waals surface area contributed by atoms with E-state index < -0.39 is 23.3 Å². The minimum absolute atomic E-state index is 0.0742. The molecule has 0 atom stereocenters. The number of hydrogen-bond acceptors (Lipinski definition) is 3. The predicted molar refractivity (Wildman–Crippen MR) is 105 cm³/mol. The maximum absolute atomic E-state index is 14.5. The summed E-state index contributed by atoms with van der Waals surface area (Å²) in [5.41, 5.74) is 1.24. The van der Waals surface area contributed by atoms with E-state index in [-0.39, 0.29) is 23.2 Å². The molecule has 2 aromatic carbocycles. The Balaban J connectivity index is 1.72. The molecule has 144 valence electrons. The third-order valence-electron chi connectivity index (χ3n) is 3.90. The van der Waals surface area contributed by atoms with Gasteiger partial charge in [-0.05, 0) is 36.4 Å². The number of pyridine rings is 1. The number of rotatable bonds is 6. The second-order valence-electron chi connectivity index (χ2n) is 5.75. The fourth-order valence-corrected chi connectivity index (χ4v) is 2.65. The monoisotopic (exact) mass is 422 g/mol. The summed E-state index contributed by atoms with van der Waals surface area (Å²) in [5.74, 6) is -2.72. The summed E-state index contributed by atoms with van der Waals surface area (Å²) in [7, 11) is 0. The number of hydrogen-bond donors (Lipinski definition) is 1. The smallest absolute Gasteiger partial charge is 0.251 e. The molecule has 0 bridgehead atoms. The molecule has 3 aromatic rings. The van der Waals surface area contributed by atoms with Crippen LogP contribution in [0.1, 0.15) is 15.9 Å². The third-order valence-corrected chi connectivity index (χ3v) is 4.21. The van der Waals surface area contributed by atoms with Crippen LogP contribution >= 0.6 is 23.2 Å². The Morgan fingerprint density at radius 1 is 1.18 bits per heavy atom. The highest BCUT2D eigenvalue weighted by atomic mass is 35.5. The Kier molecular flexibility index (Phi) is 6.44. The molecule has 0 spiro atoms. The van der Waals surface area contributed by atoms with Crippen molar-refractivity contribution in [2.24, 2.45) is 0 Å². The van der Waals surface area contributed by atoms with Gasteiger partial charge >= 0.3 is 0 Å². The lowest BCUT2D eigenvalue weighted by Crippen LogP contribution is -2.23. The van der Waals surface area contributed by atoms with E-state index in [1.807, 2.05) is 6.07 Å². The average Bonchev–Trinajstić information content (AvgIpc) is 2.69. The van der Waals surface area contributed by atoms with Gasteiger partial charge in [-0.25, -0.2) is 8.78 Å². The normalized spacial score (nSPS) is 10.6. The average molecular weight is 423 g/mol. The van der Waals surface area contributed by atoms with E-state index in [0.29, 0.717) is 5.56 Å². The molecule has 0 saturated carbocycles. The molecule has 0 aliphatic carbocycles. The van der Waals surface area contributed by atoms with Crippen LogP contribution in [0.3, 0.4) is 0 Å². The van der Waals surface area contributed by atoms with Gasteiger partial charge in [0.05, 0.1) is 5.52 Å². The molecule has 0 unspecified atom stereocenters. The lowest BCUT2D eigenvalue weighted by atomic mass is 10.1. The molecule has 0 fully saturated rings. The Labute approximate surface area is 169 Å². The van der Waals surface area contributed by atoms with Crippen molar-refractivity contribution in [3.8, 4) is 5.75 Å². The Hall–Kier alpha value is -2.70. The second-order valence-corrected chi connectivity index (χ2v) is 6.76. The van der Waals surface area contributed by atoms with Crippen LogP contribution in [0.25, 0.3) is 10.9 Å². The summed E-state index contributed by atoms with van der Waals surface area (Å²) in [4.78, 5) is 16.6. The minimum atomic E-state index is -0.901. The van der Waals surface area contributed by atoms with E-state index in [1.165, 1.54) is 12.1 Å². The first-order chi connectivity index (χ1) is 13.5. The van der Waals surface area contributed by atoms with E-state index in [9.17, 15) is 13.6 Å². The zero-order chi connectivity index (χ0) is 20.1. The molecule has 1 N–H and O–H groups in total. The largest absolute Gasteiger partial charge is 0.483 e. The third kappa shape index (κ3) is 4.77. The van der Waals surface area contributed by atoms with Gasteiger partial charge in [0.1, 0.15) is 11.1 Å². The van der Waals surface area contributed by atoms with Gasteiger partial charge in [-0.15, -0.1) is 0 Å². The van der Waals surface area contributed by atoms with Crippen molar-refractivity contribution in [3.05, 3.63) is 82.0 Å². The maximum atomic E-state index is 14.5. The van der Waals surface area contributed by atoms with Crippen LogP contribution in [0.15, 0.2) is 59.2 Å². The fraction of sp³-hybridized carbons (Fsp3) is 0.100. The number of nitrogens with one attached hydrogen (secondary N) is 1. The SMILES string of the molecule is O=C(NCc1ccc(F)c(OCC=C(Cl)Cl)c1F)c1ccc2ncccc2c1. The minimum Gasteiger partial charge on any atom is -0.483 e. The highest BCUT2D eigenvalue weighted by Crippen LogP contribution is 2.25. The number of carbonyl (C=O) groups excluding carboxylic acids is 1. The molecule has 8 heteroatoms. The van der Waals surface area contributed by atoms with Crippen molar-refractivity contribution in [1.82, 2.24) is 10.3 Å². The summed E-state index contributed by atoms with van der Waals surface area (Å²) in [6.07, 6.45) is 2.92. The number of fused-ring (bicyclic) bond motifs is 1. The molecule has 1 amide bonds. The van der Waals surface area contributed by atoms with E-state index in [1.54, 1.807) is 30.5 Å². The van der Waals surface area contributed by atoms with E-state index in [4.69, 9.17) is 27.9 Å². The van der Waals surface area contributed by atoms with Gasteiger partial charge < -0.3 is 10.1 Å². The highest BCUT2D eigenvalue weighted by Gasteiger charge is 2.16. The van der Waals surface area contributed by atoms with Gasteiger partial charge in [-0.1, -0.05) is 35.3 Å².